The molecule has 3 aromatic rings. The summed E-state index contributed by atoms with van der Waals surface area (Å²) in [5.41, 5.74) is 1.26. The average Bonchev–Trinajstić information content (AvgIpc) is 3.35. The van der Waals surface area contributed by atoms with E-state index in [0.29, 0.717) is 28.9 Å². The van der Waals surface area contributed by atoms with E-state index in [0.717, 1.165) is 18.8 Å². The monoisotopic (exact) mass is 743 g/mol. The highest BCUT2D eigenvalue weighted by Gasteiger charge is 2.31. The SMILES string of the molecule is C#CCN1C(=O)COc2cc(F)c(/N=c3\snc4n3CC(C)(C)C4)cc21.N#Cc1cc(I)c(O)c(I)c1. The minimum Gasteiger partial charge on any atom is -0.506 e. The van der Waals surface area contributed by atoms with Gasteiger partial charge in [-0.15, -0.1) is 6.42 Å². The quantitative estimate of drug-likeness (QED) is 0.302. The molecule has 2 aliphatic rings. The zero-order valence-corrected chi connectivity index (χ0v) is 24.9. The number of rotatable bonds is 2. The number of ether oxygens (including phenoxy) is 1. The van der Waals surface area contributed by atoms with Crippen LogP contribution >= 0.6 is 56.7 Å². The third-order valence-corrected chi connectivity index (χ3v) is 8.00. The van der Waals surface area contributed by atoms with Crippen molar-refractivity contribution in [2.24, 2.45) is 10.4 Å². The first-order valence-corrected chi connectivity index (χ1v) is 13.8. The van der Waals surface area contributed by atoms with Crippen molar-refractivity contribution in [2.75, 3.05) is 18.1 Å². The third kappa shape index (κ3) is 5.91. The second kappa shape index (κ2) is 11.0. The standard InChI is InChI=1S/C18H17FN4O2S.C7H3I2NO/c1-4-5-22-13-7-12(11(19)6-14(13)25-9-16(22)24)20-17-23-10-18(2,3)8-15(23)21-26-17;8-5-1-4(3-10)2-6(9)7(5)11/h1,6-7H,5,8-10H2,2-3H3;1-2,11H/b20-17-;. The summed E-state index contributed by atoms with van der Waals surface area (Å²) in [5.74, 6) is 3.18. The number of fused-ring (bicyclic) bond motifs is 2. The van der Waals surface area contributed by atoms with Gasteiger partial charge >= 0.3 is 0 Å². The number of anilines is 1. The molecule has 0 unspecified atom stereocenters. The van der Waals surface area contributed by atoms with Crippen molar-refractivity contribution in [1.82, 2.24) is 8.94 Å². The maximum absolute atomic E-state index is 14.5. The lowest BCUT2D eigenvalue weighted by Crippen LogP contribution is -2.39. The molecule has 0 radical (unpaired) electrons. The number of hydrogen-bond donors (Lipinski definition) is 1. The van der Waals surface area contributed by atoms with Crippen molar-refractivity contribution in [3.05, 3.63) is 53.4 Å². The van der Waals surface area contributed by atoms with E-state index in [4.69, 9.17) is 16.4 Å². The van der Waals surface area contributed by atoms with E-state index < -0.39 is 5.82 Å². The number of phenolic OH excluding ortho intramolecular Hbond substituents is 1. The van der Waals surface area contributed by atoms with Crippen LogP contribution < -0.4 is 14.4 Å². The number of phenols is 1. The summed E-state index contributed by atoms with van der Waals surface area (Å²) in [4.78, 5) is 18.6. The molecule has 12 heteroatoms. The smallest absolute Gasteiger partial charge is 0.265 e. The lowest BCUT2D eigenvalue weighted by molar-refractivity contribution is -0.121. The van der Waals surface area contributed by atoms with Gasteiger partial charge in [0.2, 0.25) is 4.80 Å². The molecule has 1 amide bonds. The molecule has 37 heavy (non-hydrogen) atoms. The molecule has 8 nitrogen and oxygen atoms in total. The number of carbonyl (C=O) groups excluding carboxylic acids is 1. The van der Waals surface area contributed by atoms with Crippen LogP contribution in [0.5, 0.6) is 11.5 Å². The van der Waals surface area contributed by atoms with Crippen molar-refractivity contribution in [1.29, 1.82) is 5.26 Å². The number of aromatic hydroxyl groups is 1. The highest BCUT2D eigenvalue weighted by atomic mass is 127. The number of nitriles is 1. The van der Waals surface area contributed by atoms with Gasteiger partial charge < -0.3 is 14.4 Å². The summed E-state index contributed by atoms with van der Waals surface area (Å²) in [6.07, 6.45) is 6.22. The van der Waals surface area contributed by atoms with Gasteiger partial charge in [-0.25, -0.2) is 9.38 Å². The molecule has 1 aromatic heterocycles. The van der Waals surface area contributed by atoms with E-state index in [-0.39, 0.29) is 35.9 Å². The summed E-state index contributed by atoms with van der Waals surface area (Å²) in [7, 11) is 0. The molecule has 2 aromatic carbocycles. The van der Waals surface area contributed by atoms with Crippen LogP contribution in [0.3, 0.4) is 0 Å². The average molecular weight is 743 g/mol. The van der Waals surface area contributed by atoms with Crippen LogP contribution in [0, 0.1) is 42.0 Å². The van der Waals surface area contributed by atoms with Crippen LogP contribution in [0.15, 0.2) is 29.3 Å². The number of terminal acetylenes is 1. The van der Waals surface area contributed by atoms with E-state index >= 15 is 0 Å². The van der Waals surface area contributed by atoms with Gasteiger partial charge in [-0.2, -0.15) is 9.64 Å². The lowest BCUT2D eigenvalue weighted by atomic mass is 9.92. The Morgan fingerprint density at radius 3 is 2.68 bits per heavy atom. The predicted octanol–water partition coefficient (Wildman–Crippen LogP) is 4.73. The number of aromatic nitrogens is 2. The van der Waals surface area contributed by atoms with E-state index in [9.17, 15) is 14.3 Å². The largest absolute Gasteiger partial charge is 0.506 e. The normalized spacial score (nSPS) is 15.6. The van der Waals surface area contributed by atoms with Crippen LogP contribution in [-0.4, -0.2) is 33.1 Å². The van der Waals surface area contributed by atoms with Gasteiger partial charge in [-0.3, -0.25) is 9.69 Å². The Kier molecular flexibility index (Phi) is 8.11. The van der Waals surface area contributed by atoms with Gasteiger partial charge in [0.05, 0.1) is 31.0 Å². The second-order valence-electron chi connectivity index (χ2n) is 9.06. The summed E-state index contributed by atoms with van der Waals surface area (Å²) < 4.78 is 27.8. The topological polar surface area (TPSA) is 104 Å². The molecule has 5 rings (SSSR count). The van der Waals surface area contributed by atoms with Gasteiger partial charge in [-0.05, 0) is 68.8 Å². The Labute approximate surface area is 244 Å². The van der Waals surface area contributed by atoms with E-state index in [2.05, 4.69) is 29.1 Å². The Hall–Kier alpha value is -2.69. The molecule has 2 aliphatic heterocycles. The number of benzene rings is 2. The summed E-state index contributed by atoms with van der Waals surface area (Å²) in [6, 6.07) is 8.07. The van der Waals surface area contributed by atoms with Crippen molar-refractivity contribution in [3.63, 3.8) is 0 Å². The summed E-state index contributed by atoms with van der Waals surface area (Å²) >= 11 is 5.23. The van der Waals surface area contributed by atoms with Gasteiger partial charge in [-0.1, -0.05) is 19.8 Å². The molecule has 1 N–H and O–H groups in total. The first-order chi connectivity index (χ1) is 17.5. The Morgan fingerprint density at radius 1 is 1.32 bits per heavy atom. The summed E-state index contributed by atoms with van der Waals surface area (Å²) in [5, 5.41) is 17.8. The fraction of sp³-hybridized carbons (Fsp3) is 0.280. The second-order valence-corrected chi connectivity index (χ2v) is 12.1. The number of hydrogen-bond acceptors (Lipinski definition) is 7. The van der Waals surface area contributed by atoms with Gasteiger partial charge in [0, 0.05) is 30.6 Å². The lowest BCUT2D eigenvalue weighted by Gasteiger charge is -2.28. The maximum atomic E-state index is 14.5. The highest BCUT2D eigenvalue weighted by molar-refractivity contribution is 14.1. The predicted molar refractivity (Wildman–Crippen MR) is 154 cm³/mol. The number of carbonyl (C=O) groups is 1. The van der Waals surface area contributed by atoms with Crippen molar-refractivity contribution < 1.29 is 19.0 Å². The molecule has 0 saturated heterocycles. The van der Waals surface area contributed by atoms with Crippen LogP contribution in [0.25, 0.3) is 0 Å². The minimum absolute atomic E-state index is 0.0964. The van der Waals surface area contributed by atoms with E-state index in [1.165, 1.54) is 28.6 Å². The molecule has 190 valence electrons. The van der Waals surface area contributed by atoms with E-state index in [1.807, 2.05) is 55.8 Å². The zero-order valence-electron chi connectivity index (χ0n) is 19.8. The van der Waals surface area contributed by atoms with Crippen LogP contribution in [0.1, 0.15) is 25.2 Å². The summed E-state index contributed by atoms with van der Waals surface area (Å²) in [6.45, 7) is 5.05. The molecule has 0 atom stereocenters. The van der Waals surface area contributed by atoms with Gasteiger partial charge in [0.15, 0.2) is 12.4 Å². The van der Waals surface area contributed by atoms with Crippen LogP contribution in [-0.2, 0) is 17.8 Å². The Balaban J connectivity index is 0.000000245. The molecular weight excluding hydrogens is 723 g/mol. The zero-order chi connectivity index (χ0) is 26.9. The first-order valence-electron chi connectivity index (χ1n) is 10.9. The number of halogens is 3. The van der Waals surface area contributed by atoms with Crippen molar-refractivity contribution in [2.45, 2.75) is 26.8 Å². The minimum atomic E-state index is -0.515. The van der Waals surface area contributed by atoms with Gasteiger partial charge in [0.1, 0.15) is 23.0 Å². The fourth-order valence-corrected chi connectivity index (χ4v) is 6.40. The Bertz CT molecular complexity index is 1530. The first kappa shape index (κ1) is 27.3. The number of nitrogens with zero attached hydrogens (tertiary/aromatic N) is 5. The molecule has 0 spiro atoms. The third-order valence-electron chi connectivity index (χ3n) is 5.58. The Morgan fingerprint density at radius 2 is 2.03 bits per heavy atom. The van der Waals surface area contributed by atoms with E-state index in [1.54, 1.807) is 12.1 Å². The molecule has 0 saturated carbocycles. The molecule has 3 heterocycles. The van der Waals surface area contributed by atoms with Crippen molar-refractivity contribution >= 4 is 74.0 Å². The number of amides is 1. The molecular formula is C25H20FI2N5O3S. The maximum Gasteiger partial charge on any atom is 0.265 e. The van der Waals surface area contributed by atoms with Crippen LogP contribution in [0.2, 0.25) is 0 Å². The fourth-order valence-electron chi connectivity index (χ4n) is 3.88. The van der Waals surface area contributed by atoms with Crippen molar-refractivity contribution in [3.8, 4) is 29.9 Å². The van der Waals surface area contributed by atoms with Gasteiger partial charge in [0.25, 0.3) is 5.91 Å². The molecule has 0 bridgehead atoms. The molecule has 0 aliphatic carbocycles. The highest BCUT2D eigenvalue weighted by Crippen LogP contribution is 2.37. The van der Waals surface area contributed by atoms with Crippen LogP contribution in [0.4, 0.5) is 15.8 Å². The molecule has 0 fully saturated rings.